The molecule has 3 nitrogen and oxygen atoms in total. The van der Waals surface area contributed by atoms with Gasteiger partial charge in [0.15, 0.2) is 6.61 Å². The zero-order valence-electron chi connectivity index (χ0n) is 10.3. The van der Waals surface area contributed by atoms with Gasteiger partial charge in [-0.2, -0.15) is 0 Å². The van der Waals surface area contributed by atoms with Gasteiger partial charge in [-0.25, -0.2) is 4.79 Å². The average molecular weight is 445 g/mol. The molecule has 2 aromatic rings. The third-order valence-corrected chi connectivity index (χ3v) is 4.00. The van der Waals surface area contributed by atoms with Crippen molar-refractivity contribution in [2.45, 2.75) is 0 Å². The highest BCUT2D eigenvalue weighted by Gasteiger charge is 2.13. The molecule has 2 rings (SSSR count). The SMILES string of the molecule is O=C(OCC(=O)c1ccccc1Br)c1ccc(I)cc1. The van der Waals surface area contributed by atoms with Crippen LogP contribution in [0.1, 0.15) is 20.7 Å². The lowest BCUT2D eigenvalue weighted by Gasteiger charge is -2.05. The topological polar surface area (TPSA) is 43.4 Å². The molecule has 0 radical (unpaired) electrons. The van der Waals surface area contributed by atoms with E-state index in [0.717, 1.165) is 3.57 Å². The van der Waals surface area contributed by atoms with E-state index >= 15 is 0 Å². The van der Waals surface area contributed by atoms with Gasteiger partial charge in [0, 0.05) is 13.6 Å². The van der Waals surface area contributed by atoms with Crippen LogP contribution in [0.15, 0.2) is 53.0 Å². The lowest BCUT2D eigenvalue weighted by Crippen LogP contribution is -2.14. The predicted molar refractivity (Wildman–Crippen MR) is 87.9 cm³/mol. The van der Waals surface area contributed by atoms with Crippen LogP contribution in [0, 0.1) is 3.57 Å². The fourth-order valence-corrected chi connectivity index (χ4v) is 2.43. The first-order valence-corrected chi connectivity index (χ1v) is 7.65. The first-order valence-electron chi connectivity index (χ1n) is 5.78. The van der Waals surface area contributed by atoms with Crippen LogP contribution in [-0.4, -0.2) is 18.4 Å². The quantitative estimate of drug-likeness (QED) is 0.405. The van der Waals surface area contributed by atoms with E-state index in [-0.39, 0.29) is 12.4 Å². The second kappa shape index (κ2) is 6.99. The smallest absolute Gasteiger partial charge is 0.338 e. The van der Waals surface area contributed by atoms with Crippen LogP contribution >= 0.6 is 38.5 Å². The highest BCUT2D eigenvalue weighted by Crippen LogP contribution is 2.16. The Kier molecular flexibility index (Phi) is 5.31. The maximum Gasteiger partial charge on any atom is 0.338 e. The largest absolute Gasteiger partial charge is 0.454 e. The Bertz CT molecular complexity index is 638. The van der Waals surface area contributed by atoms with Crippen LogP contribution in [0.5, 0.6) is 0 Å². The second-order valence-corrected chi connectivity index (χ2v) is 6.09. The summed E-state index contributed by atoms with van der Waals surface area (Å²) in [6.45, 7) is -0.270. The van der Waals surface area contributed by atoms with Gasteiger partial charge < -0.3 is 4.74 Å². The summed E-state index contributed by atoms with van der Waals surface area (Å²) in [6, 6.07) is 14.0. The molecule has 102 valence electrons. The molecule has 2 aromatic carbocycles. The van der Waals surface area contributed by atoms with Crippen LogP contribution in [0.3, 0.4) is 0 Å². The maximum absolute atomic E-state index is 11.9. The van der Waals surface area contributed by atoms with E-state index in [1.54, 1.807) is 30.3 Å². The van der Waals surface area contributed by atoms with E-state index in [2.05, 4.69) is 38.5 Å². The van der Waals surface area contributed by atoms with Gasteiger partial charge in [0.1, 0.15) is 0 Å². The van der Waals surface area contributed by atoms with Gasteiger partial charge in [0.25, 0.3) is 0 Å². The molecule has 0 aliphatic rings. The van der Waals surface area contributed by atoms with Crippen LogP contribution < -0.4 is 0 Å². The summed E-state index contributed by atoms with van der Waals surface area (Å²) in [5.41, 5.74) is 0.938. The van der Waals surface area contributed by atoms with Crippen molar-refractivity contribution in [2.75, 3.05) is 6.61 Å². The fraction of sp³-hybridized carbons (Fsp3) is 0.0667. The van der Waals surface area contributed by atoms with Gasteiger partial charge in [-0.3, -0.25) is 4.79 Å². The van der Waals surface area contributed by atoms with Crippen molar-refractivity contribution < 1.29 is 14.3 Å². The zero-order chi connectivity index (χ0) is 14.5. The van der Waals surface area contributed by atoms with Crippen molar-refractivity contribution in [3.63, 3.8) is 0 Å². The normalized spacial score (nSPS) is 10.1. The van der Waals surface area contributed by atoms with Crippen LogP contribution in [0.2, 0.25) is 0 Å². The van der Waals surface area contributed by atoms with Crippen molar-refractivity contribution in [3.05, 3.63) is 67.7 Å². The van der Waals surface area contributed by atoms with E-state index in [0.29, 0.717) is 15.6 Å². The Morgan fingerprint density at radius 1 is 1.05 bits per heavy atom. The van der Waals surface area contributed by atoms with E-state index in [1.165, 1.54) is 0 Å². The molecule has 20 heavy (non-hydrogen) atoms. The number of ketones is 1. The number of halogens is 2. The fourth-order valence-electron chi connectivity index (χ4n) is 1.57. The molecular formula is C15H10BrIO3. The average Bonchev–Trinajstić information content (AvgIpc) is 2.45. The molecule has 0 aromatic heterocycles. The minimum Gasteiger partial charge on any atom is -0.454 e. The molecule has 0 fully saturated rings. The summed E-state index contributed by atoms with van der Waals surface area (Å²) in [5.74, 6) is -0.738. The molecule has 0 amide bonds. The number of ether oxygens (including phenoxy) is 1. The molecule has 0 bridgehead atoms. The molecule has 0 atom stereocenters. The maximum atomic E-state index is 11.9. The molecule has 0 aliphatic heterocycles. The number of carbonyl (C=O) groups excluding carboxylic acids is 2. The molecule has 0 unspecified atom stereocenters. The monoisotopic (exact) mass is 444 g/mol. The minimum atomic E-state index is -0.498. The minimum absolute atomic E-state index is 0.240. The summed E-state index contributed by atoms with van der Waals surface area (Å²) in [7, 11) is 0. The third-order valence-electron chi connectivity index (χ3n) is 2.59. The van der Waals surface area contributed by atoms with Crippen molar-refractivity contribution in [1.29, 1.82) is 0 Å². The van der Waals surface area contributed by atoms with Gasteiger partial charge in [0.2, 0.25) is 5.78 Å². The Balaban J connectivity index is 1.99. The number of benzene rings is 2. The summed E-state index contributed by atoms with van der Waals surface area (Å²) in [5, 5.41) is 0. The van der Waals surface area contributed by atoms with Crippen LogP contribution in [0.25, 0.3) is 0 Å². The van der Waals surface area contributed by atoms with Gasteiger partial charge in [-0.15, -0.1) is 0 Å². The van der Waals surface area contributed by atoms with Gasteiger partial charge in [-0.1, -0.05) is 34.1 Å². The van der Waals surface area contributed by atoms with Gasteiger partial charge in [-0.05, 0) is 52.9 Å². The first-order chi connectivity index (χ1) is 9.58. The standard InChI is InChI=1S/C15H10BrIO3/c16-13-4-2-1-3-12(13)14(18)9-20-15(19)10-5-7-11(17)8-6-10/h1-8H,9H2. The number of rotatable bonds is 4. The summed E-state index contributed by atoms with van der Waals surface area (Å²) in [6.07, 6.45) is 0. The zero-order valence-corrected chi connectivity index (χ0v) is 14.1. The molecule has 0 spiro atoms. The van der Waals surface area contributed by atoms with E-state index in [4.69, 9.17) is 4.74 Å². The highest BCUT2D eigenvalue weighted by atomic mass is 127. The Morgan fingerprint density at radius 3 is 2.35 bits per heavy atom. The number of hydrogen-bond donors (Lipinski definition) is 0. The lowest BCUT2D eigenvalue weighted by atomic mass is 10.1. The number of carbonyl (C=O) groups is 2. The predicted octanol–water partition coefficient (Wildman–Crippen LogP) is 4.09. The van der Waals surface area contributed by atoms with Gasteiger partial charge >= 0.3 is 5.97 Å². The molecule has 0 saturated carbocycles. The Labute approximate surface area is 138 Å². The van der Waals surface area contributed by atoms with E-state index < -0.39 is 5.97 Å². The molecule has 0 heterocycles. The number of Topliss-reactive ketones (excluding diaryl/α,β-unsaturated/α-hetero) is 1. The lowest BCUT2D eigenvalue weighted by molar-refractivity contribution is 0.0474. The molecular weight excluding hydrogens is 435 g/mol. The molecule has 0 N–H and O–H groups in total. The van der Waals surface area contributed by atoms with Crippen molar-refractivity contribution in [3.8, 4) is 0 Å². The number of hydrogen-bond acceptors (Lipinski definition) is 3. The van der Waals surface area contributed by atoms with Crippen molar-refractivity contribution in [1.82, 2.24) is 0 Å². The van der Waals surface area contributed by atoms with Crippen molar-refractivity contribution in [2.24, 2.45) is 0 Å². The molecule has 0 aliphatic carbocycles. The summed E-state index contributed by atoms with van der Waals surface area (Å²) < 4.78 is 6.75. The molecule has 0 saturated heterocycles. The molecule has 5 heteroatoms. The van der Waals surface area contributed by atoms with E-state index in [1.807, 2.05) is 18.2 Å². The van der Waals surface area contributed by atoms with Crippen LogP contribution in [-0.2, 0) is 4.74 Å². The first kappa shape index (κ1) is 15.2. The number of esters is 1. The van der Waals surface area contributed by atoms with Gasteiger partial charge in [0.05, 0.1) is 5.56 Å². The highest BCUT2D eigenvalue weighted by molar-refractivity contribution is 14.1. The van der Waals surface area contributed by atoms with E-state index in [9.17, 15) is 9.59 Å². The summed E-state index contributed by atoms with van der Waals surface area (Å²) in [4.78, 5) is 23.7. The second-order valence-electron chi connectivity index (χ2n) is 3.99. The third kappa shape index (κ3) is 3.89. The Hall–Kier alpha value is -1.21. The van der Waals surface area contributed by atoms with Crippen LogP contribution in [0.4, 0.5) is 0 Å². The van der Waals surface area contributed by atoms with Crippen molar-refractivity contribution >= 4 is 50.3 Å². The Morgan fingerprint density at radius 2 is 1.70 bits per heavy atom. The summed E-state index contributed by atoms with van der Waals surface area (Å²) >= 11 is 5.45.